The minimum atomic E-state index is -0.328. The molecule has 1 N–H and O–H groups in total. The fraction of sp³-hybridized carbons (Fsp3) is 0.222. The first kappa shape index (κ1) is 18.3. The standard InChI is InChI=1S/C18H18Cl2N2O2/c1-11-7-12(2)9-14(8-11)21-17(24)10-22(13(3)23)18-15(19)5-4-6-16(18)20/h4-9H,10H2,1-3H3,(H,21,24). The number of hydrogen-bond acceptors (Lipinski definition) is 2. The van der Waals surface area contributed by atoms with Gasteiger partial charge in [-0.05, 0) is 49.2 Å². The summed E-state index contributed by atoms with van der Waals surface area (Å²) >= 11 is 12.3. The van der Waals surface area contributed by atoms with E-state index in [1.54, 1.807) is 18.2 Å². The highest BCUT2D eigenvalue weighted by atomic mass is 35.5. The Bertz CT molecular complexity index is 750. The number of nitrogens with one attached hydrogen (secondary N) is 1. The quantitative estimate of drug-likeness (QED) is 0.861. The second-order valence-corrected chi connectivity index (χ2v) is 6.41. The lowest BCUT2D eigenvalue weighted by molar-refractivity contribution is -0.120. The molecule has 0 saturated heterocycles. The molecule has 0 aliphatic heterocycles. The van der Waals surface area contributed by atoms with Crippen LogP contribution in [0, 0.1) is 13.8 Å². The molecule has 2 amide bonds. The van der Waals surface area contributed by atoms with Gasteiger partial charge in [0.2, 0.25) is 11.8 Å². The van der Waals surface area contributed by atoms with Crippen molar-refractivity contribution in [1.82, 2.24) is 0 Å². The highest BCUT2D eigenvalue weighted by Gasteiger charge is 2.21. The molecule has 0 saturated carbocycles. The number of rotatable bonds is 4. The number of benzene rings is 2. The highest BCUT2D eigenvalue weighted by molar-refractivity contribution is 6.40. The van der Waals surface area contributed by atoms with Crippen LogP contribution in [0.25, 0.3) is 0 Å². The molecule has 0 aliphatic rings. The molecule has 0 spiro atoms. The van der Waals surface area contributed by atoms with E-state index in [0.717, 1.165) is 11.1 Å². The topological polar surface area (TPSA) is 49.4 Å². The van der Waals surface area contributed by atoms with Crippen molar-refractivity contribution in [3.05, 3.63) is 57.6 Å². The Kier molecular flexibility index (Phi) is 5.86. The second-order valence-electron chi connectivity index (χ2n) is 5.60. The van der Waals surface area contributed by atoms with Crippen LogP contribution in [-0.2, 0) is 9.59 Å². The smallest absolute Gasteiger partial charge is 0.244 e. The van der Waals surface area contributed by atoms with Crippen LogP contribution < -0.4 is 10.2 Å². The Morgan fingerprint density at radius 1 is 1.04 bits per heavy atom. The van der Waals surface area contributed by atoms with Gasteiger partial charge in [0.1, 0.15) is 6.54 Å². The summed E-state index contributed by atoms with van der Waals surface area (Å²) in [4.78, 5) is 25.6. The summed E-state index contributed by atoms with van der Waals surface area (Å²) in [5, 5.41) is 3.43. The molecular formula is C18H18Cl2N2O2. The van der Waals surface area contributed by atoms with Crippen LogP contribution in [0.2, 0.25) is 10.0 Å². The molecule has 6 heteroatoms. The fourth-order valence-corrected chi connectivity index (χ4v) is 3.09. The van der Waals surface area contributed by atoms with E-state index in [-0.39, 0.29) is 18.4 Å². The number of halogens is 2. The summed E-state index contributed by atoms with van der Waals surface area (Å²) in [5.74, 6) is -0.647. The Morgan fingerprint density at radius 3 is 2.08 bits per heavy atom. The lowest BCUT2D eigenvalue weighted by atomic mass is 10.1. The molecule has 24 heavy (non-hydrogen) atoms. The second kappa shape index (κ2) is 7.69. The van der Waals surface area contributed by atoms with Crippen LogP contribution in [0.4, 0.5) is 11.4 Å². The summed E-state index contributed by atoms with van der Waals surface area (Å²) in [6.45, 7) is 5.09. The number of nitrogens with zero attached hydrogens (tertiary/aromatic N) is 1. The van der Waals surface area contributed by atoms with E-state index in [2.05, 4.69) is 5.32 Å². The number of amides is 2. The van der Waals surface area contributed by atoms with Gasteiger partial charge >= 0.3 is 0 Å². The monoisotopic (exact) mass is 364 g/mol. The molecule has 0 bridgehead atoms. The van der Waals surface area contributed by atoms with E-state index in [0.29, 0.717) is 21.4 Å². The average molecular weight is 365 g/mol. The van der Waals surface area contributed by atoms with Gasteiger partial charge in [-0.2, -0.15) is 0 Å². The number of aryl methyl sites for hydroxylation is 2. The zero-order valence-electron chi connectivity index (χ0n) is 13.7. The molecule has 0 unspecified atom stereocenters. The van der Waals surface area contributed by atoms with E-state index in [4.69, 9.17) is 23.2 Å². The number of carbonyl (C=O) groups excluding carboxylic acids is 2. The first-order valence-electron chi connectivity index (χ1n) is 7.38. The number of hydrogen-bond donors (Lipinski definition) is 1. The first-order chi connectivity index (χ1) is 11.3. The maximum Gasteiger partial charge on any atom is 0.244 e. The third kappa shape index (κ3) is 4.49. The molecule has 0 heterocycles. The van der Waals surface area contributed by atoms with Crippen molar-refractivity contribution in [3.63, 3.8) is 0 Å². The lowest BCUT2D eigenvalue weighted by Crippen LogP contribution is -2.37. The van der Waals surface area contributed by atoms with Gasteiger partial charge in [0.15, 0.2) is 0 Å². The zero-order chi connectivity index (χ0) is 17.9. The van der Waals surface area contributed by atoms with E-state index >= 15 is 0 Å². The van der Waals surface area contributed by atoms with Crippen LogP contribution >= 0.6 is 23.2 Å². The van der Waals surface area contributed by atoms with Crippen molar-refractivity contribution >= 4 is 46.4 Å². The molecule has 0 aromatic heterocycles. The molecule has 126 valence electrons. The largest absolute Gasteiger partial charge is 0.325 e. The van der Waals surface area contributed by atoms with Gasteiger partial charge < -0.3 is 10.2 Å². The van der Waals surface area contributed by atoms with Gasteiger partial charge in [0.05, 0.1) is 15.7 Å². The summed E-state index contributed by atoms with van der Waals surface area (Å²) in [5.41, 5.74) is 3.11. The van der Waals surface area contributed by atoms with Crippen LogP contribution in [0.5, 0.6) is 0 Å². The van der Waals surface area contributed by atoms with Crippen molar-refractivity contribution in [2.45, 2.75) is 20.8 Å². The van der Waals surface area contributed by atoms with Gasteiger partial charge in [-0.1, -0.05) is 35.3 Å². The molecule has 2 aromatic carbocycles. The number of carbonyl (C=O) groups is 2. The van der Waals surface area contributed by atoms with E-state index < -0.39 is 0 Å². The molecule has 4 nitrogen and oxygen atoms in total. The third-order valence-electron chi connectivity index (χ3n) is 3.39. The van der Waals surface area contributed by atoms with Gasteiger partial charge in [-0.15, -0.1) is 0 Å². The molecule has 0 aliphatic carbocycles. The van der Waals surface area contributed by atoms with Crippen molar-refractivity contribution in [2.75, 3.05) is 16.8 Å². The molecule has 0 fully saturated rings. The summed E-state index contributed by atoms with van der Waals surface area (Å²) in [6, 6.07) is 10.7. The van der Waals surface area contributed by atoms with Gasteiger partial charge in [-0.3, -0.25) is 9.59 Å². The Labute approximate surface area is 151 Å². The van der Waals surface area contributed by atoms with E-state index in [1.165, 1.54) is 11.8 Å². The lowest BCUT2D eigenvalue weighted by Gasteiger charge is -2.23. The Balaban J connectivity index is 2.22. The SMILES string of the molecule is CC(=O)N(CC(=O)Nc1cc(C)cc(C)c1)c1c(Cl)cccc1Cl. The van der Waals surface area contributed by atoms with Gasteiger partial charge in [0, 0.05) is 12.6 Å². The number of anilines is 2. The van der Waals surface area contributed by atoms with Gasteiger partial charge in [0.25, 0.3) is 0 Å². The van der Waals surface area contributed by atoms with Crippen molar-refractivity contribution in [3.8, 4) is 0 Å². The van der Waals surface area contributed by atoms with Crippen LogP contribution in [0.1, 0.15) is 18.1 Å². The molecule has 0 atom stereocenters. The van der Waals surface area contributed by atoms with Crippen LogP contribution in [0.3, 0.4) is 0 Å². The predicted octanol–water partition coefficient (Wildman–Crippen LogP) is 4.60. The normalized spacial score (nSPS) is 10.4. The van der Waals surface area contributed by atoms with E-state index in [1.807, 2.05) is 32.0 Å². The Morgan fingerprint density at radius 2 is 1.58 bits per heavy atom. The summed E-state index contributed by atoms with van der Waals surface area (Å²) in [6.07, 6.45) is 0. The van der Waals surface area contributed by atoms with E-state index in [9.17, 15) is 9.59 Å². The van der Waals surface area contributed by atoms with Gasteiger partial charge in [-0.25, -0.2) is 0 Å². The first-order valence-corrected chi connectivity index (χ1v) is 8.14. The van der Waals surface area contributed by atoms with Crippen LogP contribution in [0.15, 0.2) is 36.4 Å². The Hall–Kier alpha value is -2.04. The van der Waals surface area contributed by atoms with Crippen molar-refractivity contribution in [2.24, 2.45) is 0 Å². The van der Waals surface area contributed by atoms with Crippen molar-refractivity contribution < 1.29 is 9.59 Å². The maximum atomic E-state index is 12.4. The molecule has 2 aromatic rings. The van der Waals surface area contributed by atoms with Crippen LogP contribution in [-0.4, -0.2) is 18.4 Å². The molecule has 2 rings (SSSR count). The maximum absolute atomic E-state index is 12.4. The average Bonchev–Trinajstić information content (AvgIpc) is 2.44. The summed E-state index contributed by atoms with van der Waals surface area (Å²) < 4.78 is 0. The van der Waals surface area contributed by atoms with Crippen molar-refractivity contribution in [1.29, 1.82) is 0 Å². The third-order valence-corrected chi connectivity index (χ3v) is 4.00. The minimum absolute atomic E-state index is 0.175. The molecule has 0 radical (unpaired) electrons. The highest BCUT2D eigenvalue weighted by Crippen LogP contribution is 2.33. The zero-order valence-corrected chi connectivity index (χ0v) is 15.2. The fourth-order valence-electron chi connectivity index (χ4n) is 2.49. The number of para-hydroxylation sites is 1. The predicted molar refractivity (Wildman–Crippen MR) is 99.0 cm³/mol. The summed E-state index contributed by atoms with van der Waals surface area (Å²) in [7, 11) is 0. The molecular weight excluding hydrogens is 347 g/mol. The minimum Gasteiger partial charge on any atom is -0.325 e.